The van der Waals surface area contributed by atoms with Gasteiger partial charge in [-0.1, -0.05) is 0 Å². The van der Waals surface area contributed by atoms with Crippen molar-refractivity contribution in [3.05, 3.63) is 0 Å². The molecule has 0 bridgehead atoms. The molecule has 0 radical (unpaired) electrons. The molecule has 3 heteroatoms. The molecule has 3 nitrogen and oxygen atoms in total. The summed E-state index contributed by atoms with van der Waals surface area (Å²) in [6, 6.07) is 0.491. The van der Waals surface area contributed by atoms with Crippen molar-refractivity contribution in [2.45, 2.75) is 25.6 Å². The Morgan fingerprint density at radius 2 is 2.56 bits per heavy atom. The van der Waals surface area contributed by atoms with Crippen LogP contribution in [0.25, 0.3) is 0 Å². The number of hydrogen-bond acceptors (Lipinski definition) is 3. The number of ether oxygens (including phenoxy) is 1. The first-order valence-electron chi connectivity index (χ1n) is 3.38. The standard InChI is InChI=1S/C6H14N2O/c1-5(7)8-6-2-3-9-4-6/h5-6,8H,2-4,7H2,1H3. The Labute approximate surface area is 55.6 Å². The zero-order chi connectivity index (χ0) is 6.69. The number of nitrogens with one attached hydrogen (secondary N) is 1. The van der Waals surface area contributed by atoms with E-state index in [1.165, 1.54) is 0 Å². The van der Waals surface area contributed by atoms with Gasteiger partial charge in [0.25, 0.3) is 0 Å². The van der Waals surface area contributed by atoms with Gasteiger partial charge in [0.15, 0.2) is 0 Å². The van der Waals surface area contributed by atoms with E-state index in [0.717, 1.165) is 19.6 Å². The van der Waals surface area contributed by atoms with Crippen LogP contribution >= 0.6 is 0 Å². The van der Waals surface area contributed by atoms with Gasteiger partial charge < -0.3 is 10.5 Å². The minimum absolute atomic E-state index is 0.0942. The fraction of sp³-hybridized carbons (Fsp3) is 1.00. The van der Waals surface area contributed by atoms with Gasteiger partial charge in [-0.2, -0.15) is 0 Å². The molecule has 1 fully saturated rings. The molecule has 2 atom stereocenters. The molecule has 0 amide bonds. The Hall–Kier alpha value is -0.120. The van der Waals surface area contributed by atoms with Crippen LogP contribution in [0.15, 0.2) is 0 Å². The molecule has 0 aromatic heterocycles. The maximum absolute atomic E-state index is 5.51. The lowest BCUT2D eigenvalue weighted by molar-refractivity contribution is 0.188. The van der Waals surface area contributed by atoms with Gasteiger partial charge >= 0.3 is 0 Å². The van der Waals surface area contributed by atoms with Crippen LogP contribution in [0.3, 0.4) is 0 Å². The molecule has 3 N–H and O–H groups in total. The van der Waals surface area contributed by atoms with E-state index in [2.05, 4.69) is 5.32 Å². The molecule has 0 saturated carbocycles. The average Bonchev–Trinajstić information content (AvgIpc) is 2.15. The lowest BCUT2D eigenvalue weighted by Crippen LogP contribution is -2.42. The lowest BCUT2D eigenvalue weighted by atomic mass is 10.2. The first-order chi connectivity index (χ1) is 4.29. The Morgan fingerprint density at radius 3 is 3.00 bits per heavy atom. The predicted octanol–water partition coefficient (Wildman–Crippen LogP) is -0.330. The van der Waals surface area contributed by atoms with E-state index < -0.39 is 0 Å². The zero-order valence-corrected chi connectivity index (χ0v) is 5.76. The summed E-state index contributed by atoms with van der Waals surface area (Å²) in [5.74, 6) is 0. The SMILES string of the molecule is CC(N)NC1CCOC1. The molecule has 1 aliphatic rings. The quantitative estimate of drug-likeness (QED) is 0.503. The van der Waals surface area contributed by atoms with E-state index in [9.17, 15) is 0 Å². The van der Waals surface area contributed by atoms with Gasteiger partial charge in [0.05, 0.1) is 12.8 Å². The Bertz CT molecular complexity index is 79.1. The van der Waals surface area contributed by atoms with Crippen LogP contribution in [0.4, 0.5) is 0 Å². The Balaban J connectivity index is 2.11. The van der Waals surface area contributed by atoms with Crippen molar-refractivity contribution in [2.75, 3.05) is 13.2 Å². The molecule has 1 aliphatic heterocycles. The third kappa shape index (κ3) is 2.30. The fourth-order valence-corrected chi connectivity index (χ4v) is 1.04. The van der Waals surface area contributed by atoms with Crippen molar-refractivity contribution in [1.29, 1.82) is 0 Å². The van der Waals surface area contributed by atoms with Crippen LogP contribution in [0, 0.1) is 0 Å². The van der Waals surface area contributed by atoms with Gasteiger partial charge in [-0.05, 0) is 13.3 Å². The maximum atomic E-state index is 5.51. The molecule has 1 saturated heterocycles. The molecule has 0 aliphatic carbocycles. The summed E-state index contributed by atoms with van der Waals surface area (Å²) in [5.41, 5.74) is 5.51. The molecule has 9 heavy (non-hydrogen) atoms. The van der Waals surface area contributed by atoms with Crippen LogP contribution in [0.2, 0.25) is 0 Å². The largest absolute Gasteiger partial charge is 0.380 e. The first kappa shape index (κ1) is 6.99. The van der Waals surface area contributed by atoms with Crippen molar-refractivity contribution < 1.29 is 4.74 Å². The smallest absolute Gasteiger partial charge is 0.0621 e. The number of rotatable bonds is 2. The lowest BCUT2D eigenvalue weighted by Gasteiger charge is -2.12. The van der Waals surface area contributed by atoms with E-state index in [0.29, 0.717) is 6.04 Å². The van der Waals surface area contributed by atoms with E-state index in [1.807, 2.05) is 6.92 Å². The second-order valence-electron chi connectivity index (χ2n) is 2.52. The van der Waals surface area contributed by atoms with Gasteiger partial charge in [-0.3, -0.25) is 5.32 Å². The Morgan fingerprint density at radius 1 is 1.78 bits per heavy atom. The van der Waals surface area contributed by atoms with Crippen molar-refractivity contribution in [1.82, 2.24) is 5.32 Å². The highest BCUT2D eigenvalue weighted by Gasteiger charge is 2.15. The topological polar surface area (TPSA) is 47.3 Å². The van der Waals surface area contributed by atoms with Gasteiger partial charge in [-0.15, -0.1) is 0 Å². The second-order valence-corrected chi connectivity index (χ2v) is 2.52. The van der Waals surface area contributed by atoms with Crippen LogP contribution < -0.4 is 11.1 Å². The first-order valence-corrected chi connectivity index (χ1v) is 3.38. The molecule has 0 aromatic carbocycles. The third-order valence-electron chi connectivity index (χ3n) is 1.43. The molecule has 1 rings (SSSR count). The monoisotopic (exact) mass is 130 g/mol. The molecule has 54 valence electrons. The molecule has 1 heterocycles. The van der Waals surface area contributed by atoms with Gasteiger partial charge in [-0.25, -0.2) is 0 Å². The summed E-state index contributed by atoms with van der Waals surface area (Å²) in [6.07, 6.45) is 1.19. The van der Waals surface area contributed by atoms with Crippen molar-refractivity contribution in [3.63, 3.8) is 0 Å². The van der Waals surface area contributed by atoms with E-state index in [1.54, 1.807) is 0 Å². The summed E-state index contributed by atoms with van der Waals surface area (Å²) < 4.78 is 5.14. The molecule has 2 unspecified atom stereocenters. The summed E-state index contributed by atoms with van der Waals surface area (Å²) in [5, 5.41) is 3.19. The van der Waals surface area contributed by atoms with Crippen molar-refractivity contribution in [2.24, 2.45) is 5.73 Å². The maximum Gasteiger partial charge on any atom is 0.0621 e. The highest BCUT2D eigenvalue weighted by Crippen LogP contribution is 2.02. The molecule has 0 aromatic rings. The van der Waals surface area contributed by atoms with Crippen LogP contribution in [-0.2, 0) is 4.74 Å². The summed E-state index contributed by atoms with van der Waals surface area (Å²) in [4.78, 5) is 0. The van der Waals surface area contributed by atoms with E-state index >= 15 is 0 Å². The highest BCUT2D eigenvalue weighted by atomic mass is 16.5. The predicted molar refractivity (Wildman–Crippen MR) is 36.0 cm³/mol. The van der Waals surface area contributed by atoms with E-state index in [-0.39, 0.29) is 6.17 Å². The van der Waals surface area contributed by atoms with Gasteiger partial charge in [0.2, 0.25) is 0 Å². The zero-order valence-electron chi connectivity index (χ0n) is 5.76. The minimum atomic E-state index is 0.0942. The molecular formula is C6H14N2O. The van der Waals surface area contributed by atoms with Crippen LogP contribution in [0.1, 0.15) is 13.3 Å². The summed E-state index contributed by atoms with van der Waals surface area (Å²) in [6.45, 7) is 3.64. The van der Waals surface area contributed by atoms with Gasteiger partial charge in [0.1, 0.15) is 0 Å². The molecular weight excluding hydrogens is 116 g/mol. The Kier molecular flexibility index (Phi) is 2.45. The van der Waals surface area contributed by atoms with Crippen LogP contribution in [0.5, 0.6) is 0 Å². The minimum Gasteiger partial charge on any atom is -0.380 e. The summed E-state index contributed by atoms with van der Waals surface area (Å²) in [7, 11) is 0. The van der Waals surface area contributed by atoms with Crippen molar-refractivity contribution in [3.8, 4) is 0 Å². The number of hydrogen-bond donors (Lipinski definition) is 2. The molecule has 0 spiro atoms. The normalized spacial score (nSPS) is 30.7. The van der Waals surface area contributed by atoms with Crippen LogP contribution in [-0.4, -0.2) is 25.4 Å². The fourth-order valence-electron chi connectivity index (χ4n) is 1.04. The summed E-state index contributed by atoms with van der Waals surface area (Å²) >= 11 is 0. The average molecular weight is 130 g/mol. The number of nitrogens with two attached hydrogens (primary N) is 1. The second kappa shape index (κ2) is 3.15. The third-order valence-corrected chi connectivity index (χ3v) is 1.43. The highest BCUT2D eigenvalue weighted by molar-refractivity contribution is 4.71. The van der Waals surface area contributed by atoms with Crippen molar-refractivity contribution >= 4 is 0 Å². The van der Waals surface area contributed by atoms with E-state index in [4.69, 9.17) is 10.5 Å². The van der Waals surface area contributed by atoms with Gasteiger partial charge in [0, 0.05) is 12.6 Å².